The highest BCUT2D eigenvalue weighted by molar-refractivity contribution is 5.43. The van der Waals surface area contributed by atoms with Gasteiger partial charge in [-0.05, 0) is 37.0 Å². The SMILES string of the molecule is c1cnn(-c2ccc(NCC3CC3)cn2)c1. The van der Waals surface area contributed by atoms with Gasteiger partial charge < -0.3 is 5.32 Å². The quantitative estimate of drug-likeness (QED) is 0.847. The van der Waals surface area contributed by atoms with E-state index in [9.17, 15) is 0 Å². The molecule has 0 atom stereocenters. The summed E-state index contributed by atoms with van der Waals surface area (Å²) in [7, 11) is 0. The van der Waals surface area contributed by atoms with Gasteiger partial charge in [0, 0.05) is 18.9 Å². The average Bonchev–Trinajstić information content (AvgIpc) is 3.00. The maximum absolute atomic E-state index is 4.36. The predicted molar refractivity (Wildman–Crippen MR) is 62.6 cm³/mol. The molecule has 1 aliphatic rings. The van der Waals surface area contributed by atoms with Crippen LogP contribution >= 0.6 is 0 Å². The van der Waals surface area contributed by atoms with Crippen LogP contribution in [0.4, 0.5) is 5.69 Å². The van der Waals surface area contributed by atoms with E-state index in [1.54, 1.807) is 10.9 Å². The lowest BCUT2D eigenvalue weighted by atomic mass is 10.3. The first-order valence-electron chi connectivity index (χ1n) is 5.62. The van der Waals surface area contributed by atoms with Gasteiger partial charge in [0.25, 0.3) is 0 Å². The van der Waals surface area contributed by atoms with Gasteiger partial charge in [-0.15, -0.1) is 0 Å². The second kappa shape index (κ2) is 3.96. The van der Waals surface area contributed by atoms with Crippen molar-refractivity contribution in [1.29, 1.82) is 0 Å². The van der Waals surface area contributed by atoms with Gasteiger partial charge in [0.2, 0.25) is 0 Å². The first-order valence-corrected chi connectivity index (χ1v) is 5.62. The minimum absolute atomic E-state index is 0.849. The number of anilines is 1. The molecule has 3 rings (SSSR count). The van der Waals surface area contributed by atoms with Gasteiger partial charge in [-0.25, -0.2) is 9.67 Å². The molecule has 0 radical (unpaired) electrons. The molecule has 16 heavy (non-hydrogen) atoms. The summed E-state index contributed by atoms with van der Waals surface area (Å²) >= 11 is 0. The summed E-state index contributed by atoms with van der Waals surface area (Å²) in [5, 5.41) is 7.52. The lowest BCUT2D eigenvalue weighted by Gasteiger charge is -2.05. The predicted octanol–water partition coefficient (Wildman–Crippen LogP) is 2.09. The monoisotopic (exact) mass is 214 g/mol. The molecular weight excluding hydrogens is 200 g/mol. The highest BCUT2D eigenvalue weighted by atomic mass is 15.3. The molecule has 1 saturated carbocycles. The van der Waals surface area contributed by atoms with Gasteiger partial charge >= 0.3 is 0 Å². The van der Waals surface area contributed by atoms with Crippen molar-refractivity contribution in [3.8, 4) is 5.82 Å². The van der Waals surface area contributed by atoms with Crippen molar-refractivity contribution in [2.75, 3.05) is 11.9 Å². The maximum Gasteiger partial charge on any atom is 0.153 e. The number of pyridine rings is 1. The molecule has 1 aliphatic carbocycles. The molecule has 0 spiro atoms. The molecule has 2 heterocycles. The molecule has 0 aliphatic heterocycles. The molecule has 0 aromatic carbocycles. The van der Waals surface area contributed by atoms with Crippen LogP contribution in [0.2, 0.25) is 0 Å². The smallest absolute Gasteiger partial charge is 0.153 e. The van der Waals surface area contributed by atoms with Crippen molar-refractivity contribution < 1.29 is 0 Å². The highest BCUT2D eigenvalue weighted by Gasteiger charge is 2.20. The van der Waals surface area contributed by atoms with Gasteiger partial charge in [0.15, 0.2) is 5.82 Å². The summed E-state index contributed by atoms with van der Waals surface area (Å²) in [4.78, 5) is 4.36. The second-order valence-electron chi connectivity index (χ2n) is 4.18. The van der Waals surface area contributed by atoms with E-state index in [2.05, 4.69) is 15.4 Å². The molecule has 1 N–H and O–H groups in total. The van der Waals surface area contributed by atoms with Crippen LogP contribution in [0, 0.1) is 5.92 Å². The summed E-state index contributed by atoms with van der Waals surface area (Å²) in [6, 6.07) is 5.91. The standard InChI is InChI=1S/C12H14N4/c1-6-15-16(7-1)12-5-4-11(9-14-12)13-8-10-2-3-10/h1,4-7,9-10,13H,2-3,8H2. The zero-order chi connectivity index (χ0) is 10.8. The lowest BCUT2D eigenvalue weighted by Crippen LogP contribution is -2.04. The maximum atomic E-state index is 4.36. The highest BCUT2D eigenvalue weighted by Crippen LogP contribution is 2.28. The number of aromatic nitrogens is 3. The third-order valence-electron chi connectivity index (χ3n) is 2.78. The van der Waals surface area contributed by atoms with E-state index >= 15 is 0 Å². The van der Waals surface area contributed by atoms with Crippen molar-refractivity contribution in [1.82, 2.24) is 14.8 Å². The molecule has 4 nitrogen and oxygen atoms in total. The molecule has 2 aromatic heterocycles. The average molecular weight is 214 g/mol. The van der Waals surface area contributed by atoms with E-state index in [1.165, 1.54) is 12.8 Å². The summed E-state index contributed by atoms with van der Waals surface area (Å²) in [6.07, 6.45) is 8.23. The Kier molecular flexibility index (Phi) is 2.33. The molecule has 4 heteroatoms. The number of nitrogens with one attached hydrogen (secondary N) is 1. The Balaban J connectivity index is 1.69. The normalized spacial score (nSPS) is 15.0. The van der Waals surface area contributed by atoms with Gasteiger partial charge in [-0.1, -0.05) is 0 Å². The molecular formula is C12H14N4. The zero-order valence-electron chi connectivity index (χ0n) is 9.00. The Hall–Kier alpha value is -1.84. The van der Waals surface area contributed by atoms with Gasteiger partial charge in [-0.3, -0.25) is 0 Å². The topological polar surface area (TPSA) is 42.7 Å². The summed E-state index contributed by atoms with van der Waals surface area (Å²) < 4.78 is 1.75. The molecule has 1 fully saturated rings. The fraction of sp³-hybridized carbons (Fsp3) is 0.333. The van der Waals surface area contributed by atoms with Crippen molar-refractivity contribution >= 4 is 5.69 Å². The fourth-order valence-corrected chi connectivity index (χ4v) is 1.61. The van der Waals surface area contributed by atoms with Crippen molar-refractivity contribution in [3.05, 3.63) is 36.8 Å². The molecule has 0 unspecified atom stereocenters. The number of hydrogen-bond donors (Lipinski definition) is 1. The van der Waals surface area contributed by atoms with Gasteiger partial charge in [-0.2, -0.15) is 5.10 Å². The Labute approximate surface area is 94.3 Å². The third-order valence-corrected chi connectivity index (χ3v) is 2.78. The van der Waals surface area contributed by atoms with E-state index < -0.39 is 0 Å². The minimum Gasteiger partial charge on any atom is -0.384 e. The fourth-order valence-electron chi connectivity index (χ4n) is 1.61. The Morgan fingerprint density at radius 3 is 2.94 bits per heavy atom. The van der Waals surface area contributed by atoms with Crippen molar-refractivity contribution in [3.63, 3.8) is 0 Å². The largest absolute Gasteiger partial charge is 0.384 e. The number of rotatable bonds is 4. The van der Waals surface area contributed by atoms with Gasteiger partial charge in [0.1, 0.15) is 0 Å². The minimum atomic E-state index is 0.849. The van der Waals surface area contributed by atoms with Crippen LogP contribution < -0.4 is 5.32 Å². The van der Waals surface area contributed by atoms with Crippen LogP contribution in [-0.4, -0.2) is 21.3 Å². The number of nitrogens with zero attached hydrogens (tertiary/aromatic N) is 3. The van der Waals surface area contributed by atoms with E-state index in [0.29, 0.717) is 0 Å². The van der Waals surface area contributed by atoms with E-state index in [-0.39, 0.29) is 0 Å². The van der Waals surface area contributed by atoms with Gasteiger partial charge in [0.05, 0.1) is 11.9 Å². The van der Waals surface area contributed by atoms with Crippen LogP contribution in [0.1, 0.15) is 12.8 Å². The van der Waals surface area contributed by atoms with Crippen LogP contribution in [0.25, 0.3) is 5.82 Å². The van der Waals surface area contributed by atoms with Crippen LogP contribution in [0.5, 0.6) is 0 Å². The number of hydrogen-bond acceptors (Lipinski definition) is 3. The third kappa shape index (κ3) is 2.05. The van der Waals surface area contributed by atoms with Crippen LogP contribution in [0.3, 0.4) is 0 Å². The first kappa shape index (κ1) is 9.39. The molecule has 0 saturated heterocycles. The van der Waals surface area contributed by atoms with Crippen LogP contribution in [-0.2, 0) is 0 Å². The van der Waals surface area contributed by atoms with Crippen molar-refractivity contribution in [2.24, 2.45) is 5.92 Å². The van der Waals surface area contributed by atoms with Crippen LogP contribution in [0.15, 0.2) is 36.8 Å². The Bertz CT molecular complexity index is 442. The summed E-state index contributed by atoms with van der Waals surface area (Å²) in [5.74, 6) is 1.73. The molecule has 82 valence electrons. The zero-order valence-corrected chi connectivity index (χ0v) is 9.00. The molecule has 0 bridgehead atoms. The van der Waals surface area contributed by atoms with E-state index in [0.717, 1.165) is 24.0 Å². The molecule has 0 amide bonds. The van der Waals surface area contributed by atoms with E-state index in [4.69, 9.17) is 0 Å². The lowest BCUT2D eigenvalue weighted by molar-refractivity contribution is 0.845. The van der Waals surface area contributed by atoms with Crippen molar-refractivity contribution in [2.45, 2.75) is 12.8 Å². The molecule has 2 aromatic rings. The Morgan fingerprint density at radius 2 is 2.31 bits per heavy atom. The Morgan fingerprint density at radius 1 is 1.38 bits per heavy atom. The second-order valence-corrected chi connectivity index (χ2v) is 4.18. The first-order chi connectivity index (χ1) is 7.92. The van der Waals surface area contributed by atoms with E-state index in [1.807, 2.05) is 30.6 Å². The summed E-state index contributed by atoms with van der Waals surface area (Å²) in [5.41, 5.74) is 1.09. The summed E-state index contributed by atoms with van der Waals surface area (Å²) in [6.45, 7) is 1.07.